The van der Waals surface area contributed by atoms with Gasteiger partial charge in [-0.3, -0.25) is 0 Å². The van der Waals surface area contributed by atoms with Crippen LogP contribution in [-0.4, -0.2) is 4.57 Å². The first-order valence-electron chi connectivity index (χ1n) is 6.98. The Morgan fingerprint density at radius 3 is 2.76 bits per heavy atom. The normalized spacial score (nSPS) is 10.3. The van der Waals surface area contributed by atoms with Crippen molar-refractivity contribution >= 4 is 17.3 Å². The molecule has 0 bridgehead atoms. The molecule has 110 valence electrons. The van der Waals surface area contributed by atoms with Gasteiger partial charge in [0.15, 0.2) is 0 Å². The summed E-state index contributed by atoms with van der Waals surface area (Å²) in [5.41, 5.74) is 6.93. The minimum absolute atomic E-state index is 0.447. The third kappa shape index (κ3) is 3.50. The third-order valence-corrected chi connectivity index (χ3v) is 3.53. The van der Waals surface area contributed by atoms with Crippen LogP contribution in [0.5, 0.6) is 11.6 Å². The molecule has 0 unspecified atom stereocenters. The van der Waals surface area contributed by atoms with Crippen LogP contribution in [0.2, 0.25) is 5.02 Å². The number of halogens is 1. The minimum atomic E-state index is 0.447. The molecule has 0 saturated heterocycles. The van der Waals surface area contributed by atoms with Gasteiger partial charge < -0.3 is 15.0 Å². The van der Waals surface area contributed by atoms with Crippen LogP contribution < -0.4 is 10.5 Å². The Kier molecular flexibility index (Phi) is 5.13. The summed E-state index contributed by atoms with van der Waals surface area (Å²) in [6.07, 6.45) is 3.17. The van der Waals surface area contributed by atoms with Gasteiger partial charge >= 0.3 is 0 Å². The number of anilines is 1. The fourth-order valence-electron chi connectivity index (χ4n) is 2.13. The van der Waals surface area contributed by atoms with Gasteiger partial charge in [0.1, 0.15) is 17.5 Å². The number of nitrogen functional groups attached to an aromatic ring is 1. The summed E-state index contributed by atoms with van der Waals surface area (Å²) in [5, 5.41) is 9.74. The van der Waals surface area contributed by atoms with Crippen molar-refractivity contribution < 1.29 is 4.74 Å². The van der Waals surface area contributed by atoms with E-state index in [4.69, 9.17) is 22.1 Å². The zero-order chi connectivity index (χ0) is 15.2. The van der Waals surface area contributed by atoms with Crippen LogP contribution in [-0.2, 0) is 6.54 Å². The lowest BCUT2D eigenvalue weighted by molar-refractivity contribution is 0.423. The highest BCUT2D eigenvalue weighted by Crippen LogP contribution is 2.34. The van der Waals surface area contributed by atoms with E-state index in [1.54, 1.807) is 18.2 Å². The Morgan fingerprint density at radius 2 is 2.10 bits per heavy atom. The summed E-state index contributed by atoms with van der Waals surface area (Å²) in [7, 11) is 0. The van der Waals surface area contributed by atoms with Crippen molar-refractivity contribution in [1.82, 2.24) is 4.57 Å². The number of nitriles is 1. The lowest BCUT2D eigenvalue weighted by atomic mass is 10.2. The second-order valence-corrected chi connectivity index (χ2v) is 5.20. The number of rotatable bonds is 6. The zero-order valence-corrected chi connectivity index (χ0v) is 12.7. The van der Waals surface area contributed by atoms with Crippen LogP contribution in [0.3, 0.4) is 0 Å². The predicted molar refractivity (Wildman–Crippen MR) is 84.6 cm³/mol. The fraction of sp³-hybridized carbons (Fsp3) is 0.312. The smallest absolute Gasteiger partial charge is 0.224 e. The number of benzene rings is 1. The van der Waals surface area contributed by atoms with Crippen molar-refractivity contribution in [2.75, 3.05) is 5.73 Å². The largest absolute Gasteiger partial charge is 0.437 e. The van der Waals surface area contributed by atoms with E-state index < -0.39 is 0 Å². The lowest BCUT2D eigenvalue weighted by Gasteiger charge is -2.13. The molecule has 2 N–H and O–H groups in total. The molecule has 4 nitrogen and oxygen atoms in total. The molecule has 5 heteroatoms. The highest BCUT2D eigenvalue weighted by Gasteiger charge is 2.16. The monoisotopic (exact) mass is 303 g/mol. The Morgan fingerprint density at radius 1 is 1.33 bits per heavy atom. The van der Waals surface area contributed by atoms with Gasteiger partial charge in [-0.05, 0) is 18.6 Å². The Hall–Kier alpha value is -2.12. The SMILES string of the molecule is CCCCCn1c(C#N)cc(N)c1Oc1ccccc1Cl. The number of unbranched alkanes of at least 4 members (excludes halogenated alkanes) is 2. The van der Waals surface area contributed by atoms with Crippen molar-refractivity contribution in [3.05, 3.63) is 41.0 Å². The number of nitrogens with two attached hydrogens (primary N) is 1. The molecule has 0 aliphatic carbocycles. The molecule has 1 aromatic heterocycles. The number of hydrogen-bond donors (Lipinski definition) is 1. The maximum Gasteiger partial charge on any atom is 0.224 e. The molecule has 1 aromatic carbocycles. The molecule has 2 aromatic rings. The summed E-state index contributed by atoms with van der Waals surface area (Å²) < 4.78 is 7.65. The van der Waals surface area contributed by atoms with Crippen molar-refractivity contribution in [2.45, 2.75) is 32.7 Å². The highest BCUT2D eigenvalue weighted by molar-refractivity contribution is 6.32. The van der Waals surface area contributed by atoms with E-state index in [2.05, 4.69) is 13.0 Å². The van der Waals surface area contributed by atoms with Crippen LogP contribution in [0, 0.1) is 11.3 Å². The molecule has 0 amide bonds. The number of aromatic nitrogens is 1. The van der Waals surface area contributed by atoms with E-state index in [1.165, 1.54) is 0 Å². The number of para-hydroxylation sites is 1. The summed E-state index contributed by atoms with van der Waals surface area (Å²) >= 11 is 6.11. The van der Waals surface area contributed by atoms with E-state index >= 15 is 0 Å². The average molecular weight is 304 g/mol. The molecular formula is C16H18ClN3O. The molecule has 2 rings (SSSR count). The summed E-state index contributed by atoms with van der Waals surface area (Å²) in [5.74, 6) is 1.01. The van der Waals surface area contributed by atoms with Crippen molar-refractivity contribution in [3.8, 4) is 17.7 Å². The average Bonchev–Trinajstić information content (AvgIpc) is 2.78. The summed E-state index contributed by atoms with van der Waals surface area (Å²) in [6, 6.07) is 11.0. The van der Waals surface area contributed by atoms with Gasteiger partial charge in [0, 0.05) is 12.6 Å². The molecule has 0 radical (unpaired) electrons. The van der Waals surface area contributed by atoms with Gasteiger partial charge in [0.2, 0.25) is 5.88 Å². The number of hydrogen-bond acceptors (Lipinski definition) is 3. The van der Waals surface area contributed by atoms with Gasteiger partial charge in [-0.25, -0.2) is 0 Å². The van der Waals surface area contributed by atoms with Crippen molar-refractivity contribution in [1.29, 1.82) is 5.26 Å². The standard InChI is InChI=1S/C16H18ClN3O/c1-2-3-6-9-20-12(11-18)10-14(19)16(20)21-15-8-5-4-7-13(15)17/h4-5,7-8,10H,2-3,6,9,19H2,1H3. The highest BCUT2D eigenvalue weighted by atomic mass is 35.5. The van der Waals surface area contributed by atoms with Gasteiger partial charge in [-0.2, -0.15) is 5.26 Å². The Labute approximate surface area is 129 Å². The molecule has 0 atom stereocenters. The first kappa shape index (κ1) is 15.3. The Bertz CT molecular complexity index is 658. The van der Waals surface area contributed by atoms with Crippen molar-refractivity contribution in [3.63, 3.8) is 0 Å². The maximum absolute atomic E-state index is 9.23. The van der Waals surface area contributed by atoms with Gasteiger partial charge in [-0.1, -0.05) is 43.5 Å². The Balaban J connectivity index is 2.32. The van der Waals surface area contributed by atoms with Gasteiger partial charge in [0.25, 0.3) is 0 Å². The predicted octanol–water partition coefficient (Wildman–Crippen LogP) is 4.58. The topological polar surface area (TPSA) is 64.0 Å². The van der Waals surface area contributed by atoms with Gasteiger partial charge in [-0.15, -0.1) is 0 Å². The quantitative estimate of drug-likeness (QED) is 0.794. The second-order valence-electron chi connectivity index (χ2n) is 4.79. The lowest BCUT2D eigenvalue weighted by Crippen LogP contribution is -2.04. The summed E-state index contributed by atoms with van der Waals surface area (Å²) in [4.78, 5) is 0. The maximum atomic E-state index is 9.23. The molecule has 0 fully saturated rings. The van der Waals surface area contributed by atoms with E-state index in [0.29, 0.717) is 34.6 Å². The van der Waals surface area contributed by atoms with Crippen LogP contribution in [0.25, 0.3) is 0 Å². The van der Waals surface area contributed by atoms with E-state index in [0.717, 1.165) is 19.3 Å². The molecule has 21 heavy (non-hydrogen) atoms. The first-order chi connectivity index (χ1) is 10.2. The molecule has 0 saturated carbocycles. The molecule has 1 heterocycles. The molecule has 0 aliphatic rings. The minimum Gasteiger partial charge on any atom is -0.437 e. The molecule has 0 aliphatic heterocycles. The van der Waals surface area contributed by atoms with E-state index in [-0.39, 0.29) is 0 Å². The fourth-order valence-corrected chi connectivity index (χ4v) is 2.31. The van der Waals surface area contributed by atoms with Crippen LogP contribution in [0.1, 0.15) is 31.9 Å². The third-order valence-electron chi connectivity index (χ3n) is 3.22. The second kappa shape index (κ2) is 7.05. The number of ether oxygens (including phenoxy) is 1. The van der Waals surface area contributed by atoms with Gasteiger partial charge in [0.05, 0.1) is 10.7 Å². The first-order valence-corrected chi connectivity index (χ1v) is 7.36. The summed E-state index contributed by atoms with van der Waals surface area (Å²) in [6.45, 7) is 2.84. The van der Waals surface area contributed by atoms with Crippen LogP contribution in [0.4, 0.5) is 5.69 Å². The van der Waals surface area contributed by atoms with Crippen molar-refractivity contribution in [2.24, 2.45) is 0 Å². The zero-order valence-electron chi connectivity index (χ0n) is 12.0. The molecule has 0 spiro atoms. The number of nitrogens with zero attached hydrogens (tertiary/aromatic N) is 2. The van der Waals surface area contributed by atoms with E-state index in [1.807, 2.05) is 16.7 Å². The van der Waals surface area contributed by atoms with Crippen LogP contribution >= 0.6 is 11.6 Å². The van der Waals surface area contributed by atoms with E-state index in [9.17, 15) is 5.26 Å². The molecular weight excluding hydrogens is 286 g/mol. The van der Waals surface area contributed by atoms with Crippen LogP contribution in [0.15, 0.2) is 30.3 Å².